The predicted octanol–water partition coefficient (Wildman–Crippen LogP) is 7.47. The van der Waals surface area contributed by atoms with Gasteiger partial charge in [-0.1, -0.05) is 60.7 Å². The zero-order chi connectivity index (χ0) is 20.2. The summed E-state index contributed by atoms with van der Waals surface area (Å²) in [7, 11) is 0. The Kier molecular flexibility index (Phi) is 4.84. The number of nitrogens with zero attached hydrogens (tertiary/aromatic N) is 2. The lowest BCUT2D eigenvalue weighted by atomic mass is 10.1. The molecule has 0 amide bonds. The molecule has 0 aliphatic heterocycles. The average Bonchev–Trinajstić information content (AvgIpc) is 3.23. The maximum atomic E-state index is 5.76. The molecule has 0 aliphatic rings. The quantitative estimate of drug-likeness (QED) is 0.313. The van der Waals surface area contributed by atoms with Crippen LogP contribution in [0.25, 0.3) is 23.3 Å². The first kappa shape index (κ1) is 18.0. The molecule has 0 bridgehead atoms. The van der Waals surface area contributed by atoms with Crippen molar-refractivity contribution < 1.29 is 4.42 Å². The molecule has 0 saturated carbocycles. The molecule has 5 aromatic rings. The Morgan fingerprint density at radius 1 is 0.567 bits per heavy atom. The zero-order valence-electron chi connectivity index (χ0n) is 16.3. The lowest BCUT2D eigenvalue weighted by Gasteiger charge is -2.25. The highest BCUT2D eigenvalue weighted by molar-refractivity contribution is 5.78. The van der Waals surface area contributed by atoms with Crippen molar-refractivity contribution >= 4 is 40.3 Å². The van der Waals surface area contributed by atoms with Gasteiger partial charge in [0, 0.05) is 23.1 Å². The summed E-state index contributed by atoms with van der Waals surface area (Å²) in [6.45, 7) is 0. The van der Waals surface area contributed by atoms with Crippen molar-refractivity contribution in [1.29, 1.82) is 0 Å². The van der Waals surface area contributed by atoms with Gasteiger partial charge in [0.15, 0.2) is 5.58 Å². The van der Waals surface area contributed by atoms with Gasteiger partial charge in [-0.2, -0.15) is 0 Å². The molecule has 0 fully saturated rings. The second-order valence-corrected chi connectivity index (χ2v) is 6.95. The summed E-state index contributed by atoms with van der Waals surface area (Å²) in [5.74, 6) is 0.607. The normalized spacial score (nSPS) is 11.2. The van der Waals surface area contributed by atoms with Gasteiger partial charge in [0.2, 0.25) is 5.89 Å². The van der Waals surface area contributed by atoms with Crippen molar-refractivity contribution in [2.24, 2.45) is 0 Å². The lowest BCUT2D eigenvalue weighted by molar-refractivity contribution is 0.590. The van der Waals surface area contributed by atoms with E-state index in [9.17, 15) is 0 Å². The predicted molar refractivity (Wildman–Crippen MR) is 124 cm³/mol. The number of anilines is 3. The topological polar surface area (TPSA) is 29.3 Å². The molecule has 30 heavy (non-hydrogen) atoms. The molecule has 5 rings (SSSR count). The fourth-order valence-corrected chi connectivity index (χ4v) is 3.46. The van der Waals surface area contributed by atoms with Crippen molar-refractivity contribution in [2.45, 2.75) is 0 Å². The summed E-state index contributed by atoms with van der Waals surface area (Å²) in [6, 6.07) is 37.0. The smallest absolute Gasteiger partial charge is 0.220 e. The van der Waals surface area contributed by atoms with Crippen LogP contribution in [0, 0.1) is 0 Å². The molecular formula is C27H20N2O. The molecule has 0 spiro atoms. The van der Waals surface area contributed by atoms with E-state index in [2.05, 4.69) is 82.7 Å². The highest BCUT2D eigenvalue weighted by Gasteiger charge is 2.11. The van der Waals surface area contributed by atoms with Crippen molar-refractivity contribution in [2.75, 3.05) is 4.90 Å². The van der Waals surface area contributed by atoms with Crippen LogP contribution >= 0.6 is 0 Å². The number of oxazole rings is 1. The van der Waals surface area contributed by atoms with Crippen LogP contribution in [0.1, 0.15) is 11.5 Å². The Bertz CT molecular complexity index is 1200. The van der Waals surface area contributed by atoms with E-state index in [-0.39, 0.29) is 0 Å². The molecule has 1 heterocycles. The number of rotatable bonds is 5. The van der Waals surface area contributed by atoms with Crippen LogP contribution in [0.3, 0.4) is 0 Å². The van der Waals surface area contributed by atoms with Crippen LogP contribution in [0.4, 0.5) is 17.1 Å². The maximum absolute atomic E-state index is 5.76. The van der Waals surface area contributed by atoms with E-state index in [0.29, 0.717) is 5.89 Å². The van der Waals surface area contributed by atoms with E-state index in [0.717, 1.165) is 33.7 Å². The number of benzene rings is 4. The van der Waals surface area contributed by atoms with Gasteiger partial charge in [-0.25, -0.2) is 4.98 Å². The average molecular weight is 388 g/mol. The summed E-state index contributed by atoms with van der Waals surface area (Å²) in [4.78, 5) is 6.74. The van der Waals surface area contributed by atoms with E-state index >= 15 is 0 Å². The number of aromatic nitrogens is 1. The van der Waals surface area contributed by atoms with Gasteiger partial charge < -0.3 is 9.32 Å². The summed E-state index contributed by atoms with van der Waals surface area (Å²) < 4.78 is 5.76. The minimum Gasteiger partial charge on any atom is -0.437 e. The highest BCUT2D eigenvalue weighted by Crippen LogP contribution is 2.34. The van der Waals surface area contributed by atoms with Crippen molar-refractivity contribution in [3.05, 3.63) is 121 Å². The Morgan fingerprint density at radius 3 is 1.77 bits per heavy atom. The fourth-order valence-electron chi connectivity index (χ4n) is 3.46. The van der Waals surface area contributed by atoms with Gasteiger partial charge in [0.1, 0.15) is 5.52 Å². The third-order valence-corrected chi connectivity index (χ3v) is 4.91. The van der Waals surface area contributed by atoms with Crippen LogP contribution in [0.15, 0.2) is 114 Å². The Balaban J connectivity index is 1.43. The number of fused-ring (bicyclic) bond motifs is 1. The fraction of sp³-hybridized carbons (Fsp3) is 0. The summed E-state index contributed by atoms with van der Waals surface area (Å²) in [5, 5.41) is 0. The third kappa shape index (κ3) is 3.74. The molecule has 3 heteroatoms. The second-order valence-electron chi connectivity index (χ2n) is 6.95. The summed E-state index contributed by atoms with van der Waals surface area (Å²) in [5.41, 5.74) is 6.10. The van der Waals surface area contributed by atoms with Crippen LogP contribution in [-0.4, -0.2) is 4.98 Å². The lowest BCUT2D eigenvalue weighted by Crippen LogP contribution is -2.09. The van der Waals surface area contributed by atoms with Gasteiger partial charge in [-0.15, -0.1) is 0 Å². The van der Waals surface area contributed by atoms with Gasteiger partial charge in [0.25, 0.3) is 0 Å². The van der Waals surface area contributed by atoms with Crippen molar-refractivity contribution in [1.82, 2.24) is 4.98 Å². The molecule has 0 atom stereocenters. The molecule has 4 aromatic carbocycles. The third-order valence-electron chi connectivity index (χ3n) is 4.91. The Labute approximate surface area is 175 Å². The van der Waals surface area contributed by atoms with E-state index in [1.807, 2.05) is 48.6 Å². The first-order chi connectivity index (χ1) is 14.9. The molecule has 0 aliphatic carbocycles. The minimum absolute atomic E-state index is 0.607. The van der Waals surface area contributed by atoms with Crippen LogP contribution in [0.5, 0.6) is 0 Å². The molecule has 3 nitrogen and oxygen atoms in total. The summed E-state index contributed by atoms with van der Waals surface area (Å²) in [6.07, 6.45) is 3.92. The van der Waals surface area contributed by atoms with Crippen LogP contribution < -0.4 is 4.90 Å². The van der Waals surface area contributed by atoms with E-state index in [1.165, 1.54) is 0 Å². The number of hydrogen-bond acceptors (Lipinski definition) is 3. The van der Waals surface area contributed by atoms with Crippen molar-refractivity contribution in [3.63, 3.8) is 0 Å². The zero-order valence-corrected chi connectivity index (χ0v) is 16.3. The molecule has 1 aromatic heterocycles. The number of para-hydroxylation sites is 4. The molecule has 0 unspecified atom stereocenters. The molecule has 144 valence electrons. The van der Waals surface area contributed by atoms with Gasteiger partial charge in [-0.05, 0) is 60.2 Å². The van der Waals surface area contributed by atoms with Gasteiger partial charge in [0.05, 0.1) is 0 Å². The highest BCUT2D eigenvalue weighted by atomic mass is 16.3. The molecule has 0 N–H and O–H groups in total. The molecular weight excluding hydrogens is 368 g/mol. The number of hydrogen-bond donors (Lipinski definition) is 0. The van der Waals surface area contributed by atoms with Crippen LogP contribution in [-0.2, 0) is 0 Å². The first-order valence-electron chi connectivity index (χ1n) is 9.91. The Hall–Kier alpha value is -4.11. The SMILES string of the molecule is C(=C\c1nc2ccccc2o1)/c1ccc(N(c2ccccc2)c2ccccc2)cc1. The first-order valence-corrected chi connectivity index (χ1v) is 9.91. The Morgan fingerprint density at radius 2 is 1.13 bits per heavy atom. The molecule has 0 saturated heterocycles. The van der Waals surface area contributed by atoms with E-state index in [4.69, 9.17) is 4.42 Å². The molecule has 0 radical (unpaired) electrons. The largest absolute Gasteiger partial charge is 0.437 e. The van der Waals surface area contributed by atoms with E-state index < -0.39 is 0 Å². The van der Waals surface area contributed by atoms with Crippen LogP contribution in [0.2, 0.25) is 0 Å². The second kappa shape index (κ2) is 8.10. The monoisotopic (exact) mass is 388 g/mol. The maximum Gasteiger partial charge on any atom is 0.220 e. The van der Waals surface area contributed by atoms with Gasteiger partial charge >= 0.3 is 0 Å². The minimum atomic E-state index is 0.607. The standard InChI is InChI=1S/C27H20N2O/c1-3-9-22(10-4-1)29(23-11-5-2-6-12-23)24-18-15-21(16-19-24)17-20-27-28-25-13-7-8-14-26(25)30-27/h1-20H/b20-17+. The van der Waals surface area contributed by atoms with Gasteiger partial charge in [-0.3, -0.25) is 0 Å². The van der Waals surface area contributed by atoms with Crippen molar-refractivity contribution in [3.8, 4) is 0 Å². The summed E-state index contributed by atoms with van der Waals surface area (Å²) >= 11 is 0. The van der Waals surface area contributed by atoms with E-state index in [1.54, 1.807) is 0 Å².